The van der Waals surface area contributed by atoms with Crippen LogP contribution in [-0.2, 0) is 27.5 Å². The number of piperidine rings is 3. The summed E-state index contributed by atoms with van der Waals surface area (Å²) in [5.74, 6) is -0.400. The van der Waals surface area contributed by atoms with E-state index in [0.29, 0.717) is 63.1 Å². The molecule has 69 heavy (non-hydrogen) atoms. The van der Waals surface area contributed by atoms with Crippen LogP contribution in [-0.4, -0.2) is 157 Å². The minimum Gasteiger partial charge on any atom is -0.385 e. The summed E-state index contributed by atoms with van der Waals surface area (Å²) in [7, 11) is 2.14. The van der Waals surface area contributed by atoms with E-state index in [2.05, 4.69) is 78.7 Å². The fraction of sp³-hybridized carbons (Fsp3) is 0.608. The lowest BCUT2D eigenvalue weighted by Gasteiger charge is -2.48. The molecular weight excluding hydrogens is 883 g/mol. The van der Waals surface area contributed by atoms with Crippen molar-refractivity contribution in [1.29, 1.82) is 0 Å². The molecule has 0 bridgehead atoms. The number of hydrogen-bond donors (Lipinski definition) is 4. The highest BCUT2D eigenvalue weighted by atomic mass is 19.1. The minimum atomic E-state index is -0.625. The zero-order chi connectivity index (χ0) is 48.7. The lowest BCUT2D eigenvalue weighted by atomic mass is 9.82. The Balaban J connectivity index is 0.718. The molecule has 4 saturated heterocycles. The van der Waals surface area contributed by atoms with Gasteiger partial charge in [-0.05, 0) is 121 Å². The van der Waals surface area contributed by atoms with Gasteiger partial charge in [0, 0.05) is 93.3 Å². The maximum Gasteiger partial charge on any atom is 0.255 e. The Hall–Kier alpha value is -5.46. The number of hydrogen-bond acceptors (Lipinski definition) is 13. The van der Waals surface area contributed by atoms with Crippen LogP contribution in [0.25, 0.3) is 0 Å². The summed E-state index contributed by atoms with van der Waals surface area (Å²) >= 11 is 0. The van der Waals surface area contributed by atoms with E-state index in [4.69, 9.17) is 0 Å². The highest BCUT2D eigenvalue weighted by Gasteiger charge is 2.43. The molecule has 6 heterocycles. The smallest absolute Gasteiger partial charge is 0.255 e. The van der Waals surface area contributed by atoms with Crippen LogP contribution in [0.15, 0.2) is 42.7 Å². The van der Waals surface area contributed by atoms with Crippen LogP contribution in [0.2, 0.25) is 0 Å². The maximum absolute atomic E-state index is 15.7. The second-order valence-electron chi connectivity index (χ2n) is 20.7. The van der Waals surface area contributed by atoms with Crippen LogP contribution < -0.4 is 31.1 Å². The molecule has 16 nitrogen and oxygen atoms in total. The van der Waals surface area contributed by atoms with Gasteiger partial charge in [-0.25, -0.2) is 18.7 Å². The summed E-state index contributed by atoms with van der Waals surface area (Å²) in [5, 5.41) is 12.6. The molecule has 1 spiro atoms. The molecule has 1 unspecified atom stereocenters. The normalized spacial score (nSPS) is 20.5. The van der Waals surface area contributed by atoms with Gasteiger partial charge >= 0.3 is 0 Å². The first-order valence-electron chi connectivity index (χ1n) is 25.2. The van der Waals surface area contributed by atoms with E-state index in [1.165, 1.54) is 12.1 Å². The summed E-state index contributed by atoms with van der Waals surface area (Å²) < 4.78 is 31.2. The Morgan fingerprint density at radius 2 is 1.59 bits per heavy atom. The molecule has 0 saturated carbocycles. The van der Waals surface area contributed by atoms with Gasteiger partial charge in [-0.15, -0.1) is 0 Å². The van der Waals surface area contributed by atoms with Crippen LogP contribution in [0.1, 0.15) is 100 Å². The van der Waals surface area contributed by atoms with Crippen LogP contribution in [0.3, 0.4) is 0 Å². The van der Waals surface area contributed by atoms with Crippen molar-refractivity contribution < 1.29 is 28.0 Å². The molecule has 374 valence electrons. The van der Waals surface area contributed by atoms with E-state index >= 15 is 8.78 Å². The summed E-state index contributed by atoms with van der Waals surface area (Å²) in [6.45, 7) is 17.1. The van der Waals surface area contributed by atoms with E-state index in [0.717, 1.165) is 114 Å². The Kier molecular flexibility index (Phi) is 16.0. The Bertz CT molecular complexity index is 2320. The number of likely N-dealkylation sites (N-methyl/N-ethyl adjacent to an activating group) is 1. The summed E-state index contributed by atoms with van der Waals surface area (Å²) in [4.78, 5) is 71.9. The quantitative estimate of drug-likeness (QED) is 0.0880. The van der Waals surface area contributed by atoms with Crippen molar-refractivity contribution >= 4 is 46.6 Å². The maximum atomic E-state index is 15.7. The molecule has 4 fully saturated rings. The number of rotatable bonds is 20. The topological polar surface area (TPSA) is 162 Å². The fourth-order valence-corrected chi connectivity index (χ4v) is 10.6. The molecule has 4 amide bonds. The number of imide groups is 1. The number of fused-ring (bicyclic) bond motifs is 1. The second-order valence-corrected chi connectivity index (χ2v) is 20.7. The number of halogens is 2. The Labute approximate surface area is 405 Å². The van der Waals surface area contributed by atoms with Crippen molar-refractivity contribution in [3.05, 3.63) is 71.1 Å². The number of benzene rings is 2. The fourth-order valence-electron chi connectivity index (χ4n) is 10.6. The predicted octanol–water partition coefficient (Wildman–Crippen LogP) is 5.06. The van der Waals surface area contributed by atoms with E-state index < -0.39 is 29.1 Å². The predicted molar refractivity (Wildman–Crippen MR) is 264 cm³/mol. The average molecular weight is 955 g/mol. The number of likely N-dealkylation sites (tertiary alicyclic amines) is 1. The summed E-state index contributed by atoms with van der Waals surface area (Å²) in [6.07, 6.45) is 8.63. The lowest BCUT2D eigenvalue weighted by molar-refractivity contribution is -0.137. The molecule has 4 N–H and O–H groups in total. The first-order chi connectivity index (χ1) is 33.2. The highest BCUT2D eigenvalue weighted by Crippen LogP contribution is 2.35. The Morgan fingerprint density at radius 1 is 0.826 bits per heavy atom. The van der Waals surface area contributed by atoms with Gasteiger partial charge in [-0.1, -0.05) is 26.8 Å². The SMILES string of the molecule is CCN(CCCCN(C)CCNc1cc(N2CCC3(CC2)CN(c2cc(F)c(CN4CCC(C)(C)CC4)cc2F)CC(=O)N3)ncn1)CCCNc1cccc2c1CN(C1CCC(=O)NC1=O)C2=O. The van der Waals surface area contributed by atoms with Crippen LogP contribution in [0.4, 0.5) is 31.8 Å². The van der Waals surface area contributed by atoms with Gasteiger partial charge in [0.1, 0.15) is 35.6 Å². The van der Waals surface area contributed by atoms with Crippen LogP contribution in [0.5, 0.6) is 0 Å². The standard InChI is InChI=1S/C51H72F2N12O4/c1-5-61(22-9-18-54-41-11-8-10-37-38(41)32-65(49(37)69)42-12-13-46(66)58-48(42)68)21-7-6-20-60(4)27-19-55-44-30-45(57-35-56-44)63-25-16-51(17-26-63)34-64(33-47(67)59-51)43-29-39(52)36(28-40(43)53)31-62-23-14-50(2,3)15-24-62/h8,10-11,28-30,35,42,54H,5-7,9,12-27,31-34H2,1-4H3,(H,59,67)(H,55,56,57)(H,58,66,68). The number of nitrogens with one attached hydrogen (secondary N) is 4. The van der Waals surface area contributed by atoms with E-state index in [1.807, 2.05) is 24.3 Å². The molecule has 18 heteroatoms. The number of nitrogens with zero attached hydrogens (tertiary/aromatic N) is 8. The van der Waals surface area contributed by atoms with Crippen molar-refractivity contribution in [2.45, 2.75) is 103 Å². The first-order valence-corrected chi connectivity index (χ1v) is 25.2. The molecule has 1 atom stereocenters. The molecule has 8 rings (SSSR count). The molecule has 0 radical (unpaired) electrons. The van der Waals surface area contributed by atoms with E-state index in [9.17, 15) is 19.2 Å². The van der Waals surface area contributed by atoms with Crippen molar-refractivity contribution in [1.82, 2.24) is 40.2 Å². The monoisotopic (exact) mass is 955 g/mol. The number of piperazine rings is 1. The van der Waals surface area contributed by atoms with Gasteiger partial charge in [0.25, 0.3) is 5.91 Å². The first kappa shape index (κ1) is 49.9. The average Bonchev–Trinajstić information content (AvgIpc) is 3.66. The number of amides is 4. The zero-order valence-corrected chi connectivity index (χ0v) is 41.1. The highest BCUT2D eigenvalue weighted by molar-refractivity contribution is 6.06. The second kappa shape index (κ2) is 22.1. The molecular formula is C51H72F2N12O4. The summed E-state index contributed by atoms with van der Waals surface area (Å²) in [5.41, 5.74) is 2.66. The number of anilines is 4. The van der Waals surface area contributed by atoms with Crippen LogP contribution in [0, 0.1) is 17.0 Å². The summed E-state index contributed by atoms with van der Waals surface area (Å²) in [6, 6.07) is 9.62. The largest absolute Gasteiger partial charge is 0.385 e. The number of carbonyl (C=O) groups is 4. The number of aromatic nitrogens is 2. The van der Waals surface area contributed by atoms with Crippen molar-refractivity contribution in [3.8, 4) is 0 Å². The van der Waals surface area contributed by atoms with Crippen molar-refractivity contribution in [2.24, 2.45) is 5.41 Å². The van der Waals surface area contributed by atoms with E-state index in [-0.39, 0.29) is 41.8 Å². The van der Waals surface area contributed by atoms with Crippen LogP contribution >= 0.6 is 0 Å². The van der Waals surface area contributed by atoms with E-state index in [1.54, 1.807) is 16.1 Å². The molecule has 1 aromatic heterocycles. The molecule has 2 aromatic carbocycles. The van der Waals surface area contributed by atoms with Gasteiger partial charge < -0.3 is 40.4 Å². The minimum absolute atomic E-state index is 0.0157. The number of carbonyl (C=O) groups excluding carboxylic acids is 4. The Morgan fingerprint density at radius 3 is 2.36 bits per heavy atom. The van der Waals surface area contributed by atoms with Crippen molar-refractivity contribution in [2.75, 3.05) is 113 Å². The molecule has 5 aliphatic rings. The molecule has 3 aromatic rings. The third kappa shape index (κ3) is 12.5. The third-order valence-corrected chi connectivity index (χ3v) is 15.0. The lowest BCUT2D eigenvalue weighted by Crippen LogP contribution is -2.66. The van der Waals surface area contributed by atoms with Gasteiger partial charge in [-0.3, -0.25) is 29.4 Å². The van der Waals surface area contributed by atoms with Gasteiger partial charge in [-0.2, -0.15) is 0 Å². The zero-order valence-electron chi connectivity index (χ0n) is 41.1. The molecule has 0 aliphatic carbocycles. The third-order valence-electron chi connectivity index (χ3n) is 15.0. The van der Waals surface area contributed by atoms with Crippen molar-refractivity contribution in [3.63, 3.8) is 0 Å². The van der Waals surface area contributed by atoms with Gasteiger partial charge in [0.15, 0.2) is 0 Å². The van der Waals surface area contributed by atoms with Gasteiger partial charge in [0.2, 0.25) is 17.7 Å². The molecule has 5 aliphatic heterocycles. The van der Waals surface area contributed by atoms with Gasteiger partial charge in [0.05, 0.1) is 17.8 Å². The number of unbranched alkanes of at least 4 members (excludes halogenated alkanes) is 1.